The van der Waals surface area contributed by atoms with Crippen LogP contribution in [0.2, 0.25) is 0 Å². The zero-order valence-corrected chi connectivity index (χ0v) is 13.6. The molecule has 0 aromatic heterocycles. The summed E-state index contributed by atoms with van der Waals surface area (Å²) in [7, 11) is 5.44. The van der Waals surface area contributed by atoms with Gasteiger partial charge in [0.15, 0.2) is 0 Å². The van der Waals surface area contributed by atoms with Crippen molar-refractivity contribution in [2.24, 2.45) is 0 Å². The molecule has 1 N–H and O–H groups in total. The van der Waals surface area contributed by atoms with Crippen molar-refractivity contribution in [2.75, 3.05) is 25.5 Å². The monoisotopic (exact) mass is 281 g/mol. The number of rotatable bonds is 12. The van der Waals surface area contributed by atoms with Crippen molar-refractivity contribution in [3.05, 3.63) is 0 Å². The molecule has 0 radical (unpaired) electrons. The van der Waals surface area contributed by atoms with Crippen LogP contribution in [0.4, 0.5) is 0 Å². The van der Waals surface area contributed by atoms with E-state index in [0.29, 0.717) is 0 Å². The first-order valence-electron chi connectivity index (χ1n) is 6.67. The maximum Gasteiger partial charge on any atom is 0.109 e. The van der Waals surface area contributed by atoms with Gasteiger partial charge in [0.2, 0.25) is 0 Å². The lowest BCUT2D eigenvalue weighted by Gasteiger charge is -2.24. The quantitative estimate of drug-likeness (QED) is 0.339. The largest absolute Gasteiger partial charge is 0.363 e. The summed E-state index contributed by atoms with van der Waals surface area (Å²) in [4.78, 5) is 0. The molecule has 0 rings (SSSR count). The average molecular weight is 281 g/mol. The molecule has 0 spiro atoms. The van der Waals surface area contributed by atoms with Gasteiger partial charge in [-0.05, 0) is 38.0 Å². The van der Waals surface area contributed by atoms with Crippen molar-refractivity contribution in [2.45, 2.75) is 52.0 Å². The second-order valence-corrected chi connectivity index (χ2v) is 5.14. The van der Waals surface area contributed by atoms with Gasteiger partial charge in [0.05, 0.1) is 0 Å². The van der Waals surface area contributed by atoms with Gasteiger partial charge in [-0.25, -0.2) is 0 Å². The van der Waals surface area contributed by atoms with Crippen LogP contribution in [0.25, 0.3) is 0 Å². The Balaban J connectivity index is 3.77. The molecule has 0 saturated heterocycles. The van der Waals surface area contributed by atoms with Crippen molar-refractivity contribution in [1.29, 1.82) is 0 Å². The summed E-state index contributed by atoms with van der Waals surface area (Å²) in [6.07, 6.45) is 6.55. The van der Waals surface area contributed by atoms with Gasteiger partial charge in [-0.3, -0.25) is 5.32 Å². The molecule has 0 bridgehead atoms. The molecule has 0 aliphatic carbocycles. The summed E-state index contributed by atoms with van der Waals surface area (Å²) in [5.41, 5.74) is 0. The van der Waals surface area contributed by atoms with E-state index in [1.165, 1.54) is 0 Å². The summed E-state index contributed by atoms with van der Waals surface area (Å²) in [6.45, 7) is 5.90. The molecular weight excluding hydrogens is 252 g/mol. The fourth-order valence-corrected chi connectivity index (χ4v) is 1.73. The van der Waals surface area contributed by atoms with Crippen LogP contribution in [0.3, 0.4) is 0 Å². The molecule has 104 valence electrons. The SMILES string of the molecule is CCC(NC(CC)OCCCP)OCCCP. The number of nitrogens with one attached hydrogen (secondary N) is 1. The molecule has 4 unspecified atom stereocenters. The highest BCUT2D eigenvalue weighted by molar-refractivity contribution is 7.16. The first-order valence-corrected chi connectivity index (χ1v) is 8.31. The summed E-state index contributed by atoms with van der Waals surface area (Å²) < 4.78 is 11.5. The molecule has 0 aliphatic rings. The Morgan fingerprint density at radius 3 is 1.59 bits per heavy atom. The van der Waals surface area contributed by atoms with Crippen molar-refractivity contribution < 1.29 is 9.47 Å². The molecule has 17 heavy (non-hydrogen) atoms. The molecule has 4 atom stereocenters. The third-order valence-corrected chi connectivity index (χ3v) is 3.26. The van der Waals surface area contributed by atoms with E-state index in [4.69, 9.17) is 9.47 Å². The zero-order chi connectivity index (χ0) is 12.9. The van der Waals surface area contributed by atoms with Crippen LogP contribution >= 0.6 is 18.5 Å². The van der Waals surface area contributed by atoms with Gasteiger partial charge in [-0.2, -0.15) is 0 Å². The van der Waals surface area contributed by atoms with Gasteiger partial charge in [0.1, 0.15) is 12.5 Å². The third kappa shape index (κ3) is 10.4. The van der Waals surface area contributed by atoms with E-state index in [1.54, 1.807) is 0 Å². The van der Waals surface area contributed by atoms with Crippen LogP contribution < -0.4 is 5.32 Å². The molecule has 5 heteroatoms. The lowest BCUT2D eigenvalue weighted by Crippen LogP contribution is -2.41. The van der Waals surface area contributed by atoms with E-state index in [1.807, 2.05) is 0 Å². The molecular formula is C12H29NO2P2. The van der Waals surface area contributed by atoms with Crippen LogP contribution in [-0.2, 0) is 9.47 Å². The minimum atomic E-state index is 0.118. The average Bonchev–Trinajstić information content (AvgIpc) is 2.36. The van der Waals surface area contributed by atoms with E-state index in [9.17, 15) is 0 Å². The maximum atomic E-state index is 5.76. The molecule has 0 heterocycles. The molecule has 0 aromatic carbocycles. The number of hydrogen-bond acceptors (Lipinski definition) is 3. The van der Waals surface area contributed by atoms with Crippen molar-refractivity contribution in [3.63, 3.8) is 0 Å². The van der Waals surface area contributed by atoms with Crippen LogP contribution in [-0.4, -0.2) is 38.0 Å². The van der Waals surface area contributed by atoms with Gasteiger partial charge in [0, 0.05) is 13.2 Å². The van der Waals surface area contributed by atoms with Crippen molar-refractivity contribution in [3.8, 4) is 0 Å². The molecule has 3 nitrogen and oxygen atoms in total. The molecule has 0 fully saturated rings. The second kappa shape index (κ2) is 13.2. The molecule has 0 aromatic rings. The molecule has 0 saturated carbocycles. The lowest BCUT2D eigenvalue weighted by molar-refractivity contribution is -0.0472. The first-order chi connectivity index (χ1) is 8.28. The Morgan fingerprint density at radius 2 is 1.29 bits per heavy atom. The molecule has 0 amide bonds. The summed E-state index contributed by atoms with van der Waals surface area (Å²) >= 11 is 0. The Morgan fingerprint density at radius 1 is 0.882 bits per heavy atom. The van der Waals surface area contributed by atoms with Crippen LogP contribution in [0.1, 0.15) is 39.5 Å². The first kappa shape index (κ1) is 17.7. The Kier molecular flexibility index (Phi) is 13.8. The third-order valence-electron chi connectivity index (χ3n) is 2.45. The topological polar surface area (TPSA) is 30.5 Å². The van der Waals surface area contributed by atoms with E-state index < -0.39 is 0 Å². The molecule has 0 aliphatic heterocycles. The van der Waals surface area contributed by atoms with Gasteiger partial charge in [-0.1, -0.05) is 13.8 Å². The summed E-state index contributed by atoms with van der Waals surface area (Å²) in [6, 6.07) is 0. The minimum absolute atomic E-state index is 0.118. The van der Waals surface area contributed by atoms with E-state index in [0.717, 1.165) is 51.2 Å². The maximum absolute atomic E-state index is 5.76. The van der Waals surface area contributed by atoms with Gasteiger partial charge >= 0.3 is 0 Å². The number of hydrogen-bond donors (Lipinski definition) is 1. The normalized spacial score (nSPS) is 14.8. The van der Waals surface area contributed by atoms with Crippen molar-refractivity contribution in [1.82, 2.24) is 5.32 Å². The second-order valence-electron chi connectivity index (χ2n) is 3.99. The summed E-state index contributed by atoms with van der Waals surface area (Å²) in [5.74, 6) is 0. The van der Waals surface area contributed by atoms with Crippen LogP contribution in [0.15, 0.2) is 0 Å². The fourth-order valence-electron chi connectivity index (χ4n) is 1.39. The highest BCUT2D eigenvalue weighted by Crippen LogP contribution is 2.03. The van der Waals surface area contributed by atoms with Gasteiger partial charge in [0.25, 0.3) is 0 Å². The summed E-state index contributed by atoms with van der Waals surface area (Å²) in [5, 5.41) is 3.41. The minimum Gasteiger partial charge on any atom is -0.363 e. The van der Waals surface area contributed by atoms with Crippen molar-refractivity contribution >= 4 is 18.5 Å². The zero-order valence-electron chi connectivity index (χ0n) is 11.3. The van der Waals surface area contributed by atoms with E-state index in [-0.39, 0.29) is 12.5 Å². The predicted molar refractivity (Wildman–Crippen MR) is 81.6 cm³/mol. The van der Waals surface area contributed by atoms with Crippen LogP contribution in [0.5, 0.6) is 0 Å². The van der Waals surface area contributed by atoms with E-state index >= 15 is 0 Å². The lowest BCUT2D eigenvalue weighted by atomic mass is 10.3. The Bertz CT molecular complexity index is 145. The van der Waals surface area contributed by atoms with E-state index in [2.05, 4.69) is 37.6 Å². The number of ether oxygens (including phenoxy) is 2. The Labute approximate surface area is 111 Å². The fraction of sp³-hybridized carbons (Fsp3) is 1.00. The van der Waals surface area contributed by atoms with Gasteiger partial charge in [-0.15, -0.1) is 18.5 Å². The predicted octanol–water partition coefficient (Wildman–Crippen LogP) is 2.61. The highest BCUT2D eigenvalue weighted by Gasteiger charge is 2.12. The van der Waals surface area contributed by atoms with Gasteiger partial charge < -0.3 is 9.47 Å². The standard InChI is InChI=1S/C12H29NO2P2/c1-3-11(14-7-5-9-16)13-12(4-2)15-8-6-10-17/h11-13H,3-10,16-17H2,1-2H3. The highest BCUT2D eigenvalue weighted by atomic mass is 31.0. The van der Waals surface area contributed by atoms with Crippen LogP contribution in [0, 0.1) is 0 Å². The Hall–Kier alpha value is 0.740. The smallest absolute Gasteiger partial charge is 0.109 e.